The van der Waals surface area contributed by atoms with Crippen LogP contribution in [0, 0.1) is 0 Å². The molecule has 0 unspecified atom stereocenters. The molecule has 1 amide bonds. The van der Waals surface area contributed by atoms with Crippen molar-refractivity contribution in [1.29, 1.82) is 0 Å². The predicted molar refractivity (Wildman–Crippen MR) is 101 cm³/mol. The fraction of sp³-hybridized carbons (Fsp3) is 0.0952. The molecule has 0 spiro atoms. The molecule has 3 N–H and O–H groups in total. The van der Waals surface area contributed by atoms with Gasteiger partial charge in [-0.25, -0.2) is 0 Å². The molecule has 26 heavy (non-hydrogen) atoms. The molecule has 0 saturated heterocycles. The first-order valence-electron chi connectivity index (χ1n) is 8.32. The summed E-state index contributed by atoms with van der Waals surface area (Å²) in [6, 6.07) is 21.7. The Morgan fingerprint density at radius 2 is 1.62 bits per heavy atom. The van der Waals surface area contributed by atoms with Gasteiger partial charge in [0, 0.05) is 22.4 Å². The summed E-state index contributed by atoms with van der Waals surface area (Å²) in [7, 11) is 0. The van der Waals surface area contributed by atoms with Crippen molar-refractivity contribution >= 4 is 27.7 Å². The average Bonchev–Trinajstić information content (AvgIpc) is 3.02. The maximum atomic E-state index is 10.9. The van der Waals surface area contributed by atoms with Gasteiger partial charge in [0.2, 0.25) is 0 Å². The third kappa shape index (κ3) is 3.32. The first kappa shape index (κ1) is 16.0. The Morgan fingerprint density at radius 1 is 0.846 bits per heavy atom. The van der Waals surface area contributed by atoms with Gasteiger partial charge in [-0.05, 0) is 35.9 Å². The zero-order valence-corrected chi connectivity index (χ0v) is 14.1. The van der Waals surface area contributed by atoms with Gasteiger partial charge in [0.1, 0.15) is 18.1 Å². The molecule has 0 bridgehead atoms. The van der Waals surface area contributed by atoms with E-state index in [2.05, 4.69) is 4.98 Å². The van der Waals surface area contributed by atoms with Gasteiger partial charge in [0.15, 0.2) is 6.61 Å². The zero-order chi connectivity index (χ0) is 17.9. The van der Waals surface area contributed by atoms with Crippen molar-refractivity contribution in [2.45, 2.75) is 6.61 Å². The van der Waals surface area contributed by atoms with Crippen molar-refractivity contribution in [2.24, 2.45) is 5.73 Å². The molecule has 130 valence electrons. The summed E-state index contributed by atoms with van der Waals surface area (Å²) < 4.78 is 11.3. The van der Waals surface area contributed by atoms with Gasteiger partial charge in [-0.15, -0.1) is 0 Å². The second-order valence-electron chi connectivity index (χ2n) is 6.07. The van der Waals surface area contributed by atoms with E-state index < -0.39 is 5.91 Å². The first-order chi connectivity index (χ1) is 12.7. The number of hydrogen-bond donors (Lipinski definition) is 2. The number of carbonyl (C=O) groups is 1. The molecule has 0 radical (unpaired) electrons. The van der Waals surface area contributed by atoms with Crippen LogP contribution in [0.25, 0.3) is 21.8 Å². The fourth-order valence-corrected chi connectivity index (χ4v) is 2.94. The number of amides is 1. The number of nitrogens with two attached hydrogens (primary N) is 1. The summed E-state index contributed by atoms with van der Waals surface area (Å²) in [5.74, 6) is 0.918. The summed E-state index contributed by atoms with van der Waals surface area (Å²) in [5.41, 5.74) is 8.19. The van der Waals surface area contributed by atoms with E-state index in [1.54, 1.807) is 0 Å². The highest BCUT2D eigenvalue weighted by Crippen LogP contribution is 2.31. The van der Waals surface area contributed by atoms with Crippen molar-refractivity contribution in [3.8, 4) is 11.5 Å². The van der Waals surface area contributed by atoms with E-state index in [0.717, 1.165) is 33.1 Å². The quantitative estimate of drug-likeness (QED) is 0.558. The van der Waals surface area contributed by atoms with Crippen LogP contribution in [-0.2, 0) is 11.4 Å². The Bertz CT molecular complexity index is 1070. The van der Waals surface area contributed by atoms with Gasteiger partial charge in [-0.3, -0.25) is 4.79 Å². The van der Waals surface area contributed by atoms with Crippen molar-refractivity contribution in [2.75, 3.05) is 6.61 Å². The smallest absolute Gasteiger partial charge is 0.255 e. The highest BCUT2D eigenvalue weighted by atomic mass is 16.5. The van der Waals surface area contributed by atoms with Gasteiger partial charge >= 0.3 is 0 Å². The Hall–Kier alpha value is -3.47. The number of rotatable bonds is 6. The molecule has 0 saturated carbocycles. The second kappa shape index (κ2) is 6.80. The van der Waals surface area contributed by atoms with Crippen LogP contribution in [0.5, 0.6) is 11.5 Å². The van der Waals surface area contributed by atoms with Crippen molar-refractivity contribution in [3.05, 3.63) is 72.3 Å². The van der Waals surface area contributed by atoms with Crippen LogP contribution in [0.2, 0.25) is 0 Å². The number of fused-ring (bicyclic) bond motifs is 3. The molecule has 0 aliphatic rings. The van der Waals surface area contributed by atoms with Gasteiger partial charge in [0.25, 0.3) is 5.91 Å². The maximum Gasteiger partial charge on any atom is 0.255 e. The Kier molecular flexibility index (Phi) is 4.19. The van der Waals surface area contributed by atoms with Gasteiger partial charge in [-0.2, -0.15) is 0 Å². The van der Waals surface area contributed by atoms with Crippen LogP contribution >= 0.6 is 0 Å². The number of ether oxygens (including phenoxy) is 2. The van der Waals surface area contributed by atoms with Crippen LogP contribution in [-0.4, -0.2) is 17.5 Å². The number of primary amides is 1. The monoisotopic (exact) mass is 346 g/mol. The Labute approximate surface area is 150 Å². The van der Waals surface area contributed by atoms with Gasteiger partial charge < -0.3 is 20.2 Å². The molecule has 1 heterocycles. The molecule has 1 aromatic heterocycles. The van der Waals surface area contributed by atoms with Crippen LogP contribution in [0.4, 0.5) is 0 Å². The number of nitrogens with one attached hydrogen (secondary N) is 1. The van der Waals surface area contributed by atoms with E-state index >= 15 is 0 Å². The molecule has 0 aliphatic heterocycles. The van der Waals surface area contributed by atoms with E-state index in [0.29, 0.717) is 12.4 Å². The van der Waals surface area contributed by atoms with Crippen molar-refractivity contribution in [1.82, 2.24) is 4.98 Å². The molecule has 5 nitrogen and oxygen atoms in total. The van der Waals surface area contributed by atoms with Crippen LogP contribution < -0.4 is 15.2 Å². The van der Waals surface area contributed by atoms with E-state index in [4.69, 9.17) is 15.2 Å². The third-order valence-corrected chi connectivity index (χ3v) is 4.17. The highest BCUT2D eigenvalue weighted by Gasteiger charge is 2.08. The van der Waals surface area contributed by atoms with Gasteiger partial charge in [-0.1, -0.05) is 30.3 Å². The number of hydrogen-bond acceptors (Lipinski definition) is 3. The normalized spacial score (nSPS) is 10.9. The van der Waals surface area contributed by atoms with E-state index in [-0.39, 0.29) is 6.61 Å². The maximum absolute atomic E-state index is 10.9. The molecule has 5 heteroatoms. The van der Waals surface area contributed by atoms with Crippen molar-refractivity contribution < 1.29 is 14.3 Å². The molecular weight excluding hydrogens is 328 g/mol. The minimum atomic E-state index is -0.498. The lowest BCUT2D eigenvalue weighted by Crippen LogP contribution is -2.19. The lowest BCUT2D eigenvalue weighted by atomic mass is 10.1. The van der Waals surface area contributed by atoms with Crippen molar-refractivity contribution in [3.63, 3.8) is 0 Å². The van der Waals surface area contributed by atoms with E-state index in [9.17, 15) is 4.79 Å². The van der Waals surface area contributed by atoms with Crippen LogP contribution in [0.1, 0.15) is 5.56 Å². The summed E-state index contributed by atoms with van der Waals surface area (Å²) >= 11 is 0. The summed E-state index contributed by atoms with van der Waals surface area (Å²) in [6.07, 6.45) is 0. The molecule has 4 aromatic rings. The molecule has 0 fully saturated rings. The lowest BCUT2D eigenvalue weighted by molar-refractivity contribution is -0.119. The number of carbonyl (C=O) groups excluding carboxylic acids is 1. The number of benzene rings is 3. The number of H-pyrrole nitrogens is 1. The minimum Gasteiger partial charge on any atom is -0.489 e. The second-order valence-corrected chi connectivity index (χ2v) is 6.07. The topological polar surface area (TPSA) is 77.3 Å². The molecule has 3 aromatic carbocycles. The molecule has 0 aliphatic carbocycles. The fourth-order valence-electron chi connectivity index (χ4n) is 2.94. The predicted octanol–water partition coefficient (Wildman–Crippen LogP) is 3.76. The van der Waals surface area contributed by atoms with Crippen LogP contribution in [0.15, 0.2) is 66.7 Å². The lowest BCUT2D eigenvalue weighted by Gasteiger charge is -2.06. The summed E-state index contributed by atoms with van der Waals surface area (Å²) in [4.78, 5) is 14.2. The third-order valence-electron chi connectivity index (χ3n) is 4.17. The summed E-state index contributed by atoms with van der Waals surface area (Å²) in [6.45, 7) is 0.392. The first-order valence-corrected chi connectivity index (χ1v) is 8.32. The Morgan fingerprint density at radius 3 is 2.42 bits per heavy atom. The molecular formula is C21H18N2O3. The van der Waals surface area contributed by atoms with Gasteiger partial charge in [0.05, 0.1) is 5.52 Å². The molecule has 4 rings (SSSR count). The summed E-state index contributed by atoms with van der Waals surface area (Å²) in [5, 5.41) is 2.14. The van der Waals surface area contributed by atoms with E-state index in [1.807, 2.05) is 66.7 Å². The average molecular weight is 346 g/mol. The largest absolute Gasteiger partial charge is 0.489 e. The Balaban J connectivity index is 1.60. The number of aromatic nitrogens is 1. The standard InChI is InChI=1S/C21H18N2O3/c22-21(24)13-26-16-6-8-17-18-10-15(7-9-19(18)23-20(17)11-16)25-12-14-4-2-1-3-5-14/h1-11,23H,12-13H2,(H2,22,24). The highest BCUT2D eigenvalue weighted by molar-refractivity contribution is 6.08. The molecule has 0 atom stereocenters. The SMILES string of the molecule is NC(=O)COc1ccc2c(c1)[nH]c1ccc(OCc3ccccc3)cc12. The van der Waals surface area contributed by atoms with E-state index in [1.165, 1.54) is 0 Å². The minimum absolute atomic E-state index is 0.136. The zero-order valence-electron chi connectivity index (χ0n) is 14.1. The van der Waals surface area contributed by atoms with Crippen LogP contribution in [0.3, 0.4) is 0 Å². The number of aromatic amines is 1.